The molecule has 1 saturated heterocycles. The van der Waals surface area contributed by atoms with E-state index in [0.717, 1.165) is 4.90 Å². The summed E-state index contributed by atoms with van der Waals surface area (Å²) in [5.74, 6) is -0.338. The van der Waals surface area contributed by atoms with E-state index in [-0.39, 0.29) is 12.1 Å². The summed E-state index contributed by atoms with van der Waals surface area (Å²) < 4.78 is 15.7. The van der Waals surface area contributed by atoms with Gasteiger partial charge >= 0.3 is 12.0 Å². The molecule has 1 aliphatic heterocycles. The number of esters is 1. The van der Waals surface area contributed by atoms with Gasteiger partial charge < -0.3 is 19.5 Å². The van der Waals surface area contributed by atoms with Crippen LogP contribution in [0.15, 0.2) is 18.2 Å². The molecule has 0 aromatic heterocycles. The quantitative estimate of drug-likeness (QED) is 0.784. The monoisotopic (exact) mass is 336 g/mol. The molecule has 0 saturated carbocycles. The van der Waals surface area contributed by atoms with Gasteiger partial charge in [0, 0.05) is 13.1 Å². The van der Waals surface area contributed by atoms with E-state index in [9.17, 15) is 14.4 Å². The molecule has 0 radical (unpaired) electrons. The second-order valence-electron chi connectivity index (χ2n) is 5.07. The zero-order valence-corrected chi connectivity index (χ0v) is 13.8. The lowest BCUT2D eigenvalue weighted by molar-refractivity contribution is -0.136. The van der Waals surface area contributed by atoms with Crippen molar-refractivity contribution < 1.29 is 28.6 Å². The van der Waals surface area contributed by atoms with Gasteiger partial charge in [-0.2, -0.15) is 0 Å². The average molecular weight is 336 g/mol. The molecule has 1 aliphatic rings. The Balaban J connectivity index is 2.07. The van der Waals surface area contributed by atoms with Crippen molar-refractivity contribution >= 4 is 17.9 Å². The maximum Gasteiger partial charge on any atom is 0.339 e. The number of rotatable bonds is 6. The molecule has 8 heteroatoms. The van der Waals surface area contributed by atoms with Crippen molar-refractivity contribution in [2.45, 2.75) is 20.0 Å². The summed E-state index contributed by atoms with van der Waals surface area (Å²) in [6, 6.07) is 4.11. The third-order valence-electron chi connectivity index (χ3n) is 3.45. The van der Waals surface area contributed by atoms with E-state index in [1.54, 1.807) is 6.07 Å². The molecule has 130 valence electrons. The smallest absolute Gasteiger partial charge is 0.339 e. The van der Waals surface area contributed by atoms with Gasteiger partial charge in [0.05, 0.1) is 19.3 Å². The van der Waals surface area contributed by atoms with Crippen molar-refractivity contribution in [3.8, 4) is 11.5 Å². The van der Waals surface area contributed by atoms with E-state index in [4.69, 9.17) is 14.2 Å². The van der Waals surface area contributed by atoms with E-state index >= 15 is 0 Å². The fourth-order valence-corrected chi connectivity index (χ4v) is 2.25. The summed E-state index contributed by atoms with van der Waals surface area (Å²) >= 11 is 0. The van der Waals surface area contributed by atoms with Crippen molar-refractivity contribution in [3.63, 3.8) is 0 Å². The minimum absolute atomic E-state index is 0.227. The van der Waals surface area contributed by atoms with Gasteiger partial charge in [-0.25, -0.2) is 9.59 Å². The van der Waals surface area contributed by atoms with Crippen molar-refractivity contribution in [1.29, 1.82) is 0 Å². The van der Waals surface area contributed by atoms with Gasteiger partial charge in [-0.05, 0) is 32.0 Å². The van der Waals surface area contributed by atoms with Crippen LogP contribution in [0.1, 0.15) is 24.2 Å². The lowest BCUT2D eigenvalue weighted by Crippen LogP contribution is -2.41. The first kappa shape index (κ1) is 17.6. The largest absolute Gasteiger partial charge is 0.493 e. The number of benzene rings is 1. The zero-order chi connectivity index (χ0) is 17.7. The molecule has 0 aliphatic carbocycles. The zero-order valence-electron chi connectivity index (χ0n) is 13.8. The minimum atomic E-state index is -1.07. The van der Waals surface area contributed by atoms with Gasteiger partial charge in [0.2, 0.25) is 0 Å². The molecule has 1 aromatic rings. The summed E-state index contributed by atoms with van der Waals surface area (Å²) in [5, 5.41) is 2.52. The molecule has 8 nitrogen and oxygen atoms in total. The number of carbonyl (C=O) groups is 3. The molecular weight excluding hydrogens is 316 g/mol. The minimum Gasteiger partial charge on any atom is -0.493 e. The van der Waals surface area contributed by atoms with Crippen LogP contribution in [0.2, 0.25) is 0 Å². The number of nitrogens with zero attached hydrogens (tertiary/aromatic N) is 1. The van der Waals surface area contributed by atoms with Crippen LogP contribution < -0.4 is 14.8 Å². The van der Waals surface area contributed by atoms with Crippen LogP contribution in [0.25, 0.3) is 0 Å². The van der Waals surface area contributed by atoms with E-state index < -0.39 is 24.0 Å². The molecule has 1 N–H and O–H groups in total. The molecule has 1 fully saturated rings. The summed E-state index contributed by atoms with van der Waals surface area (Å²) in [7, 11) is 1.50. The van der Waals surface area contributed by atoms with Crippen LogP contribution in [0.5, 0.6) is 11.5 Å². The van der Waals surface area contributed by atoms with Crippen LogP contribution in [-0.4, -0.2) is 55.7 Å². The maximum absolute atomic E-state index is 12.2. The first-order chi connectivity index (χ1) is 11.5. The molecule has 0 bridgehead atoms. The van der Waals surface area contributed by atoms with Gasteiger partial charge in [-0.3, -0.25) is 9.69 Å². The number of carbonyl (C=O) groups excluding carboxylic acids is 3. The lowest BCUT2D eigenvalue weighted by atomic mass is 10.2. The first-order valence-corrected chi connectivity index (χ1v) is 7.59. The Morgan fingerprint density at radius 3 is 2.67 bits per heavy atom. The van der Waals surface area contributed by atoms with Crippen LogP contribution in [0.3, 0.4) is 0 Å². The number of hydrogen-bond donors (Lipinski definition) is 1. The first-order valence-electron chi connectivity index (χ1n) is 7.59. The second-order valence-corrected chi connectivity index (χ2v) is 5.07. The van der Waals surface area contributed by atoms with Crippen LogP contribution in [-0.2, 0) is 9.53 Å². The third-order valence-corrected chi connectivity index (χ3v) is 3.45. The Kier molecular flexibility index (Phi) is 5.62. The van der Waals surface area contributed by atoms with Gasteiger partial charge in [-0.15, -0.1) is 0 Å². The Bertz CT molecular complexity index is 645. The van der Waals surface area contributed by atoms with Crippen molar-refractivity contribution in [1.82, 2.24) is 10.2 Å². The van der Waals surface area contributed by atoms with E-state index in [1.165, 1.54) is 26.2 Å². The highest BCUT2D eigenvalue weighted by molar-refractivity contribution is 5.99. The van der Waals surface area contributed by atoms with Crippen molar-refractivity contribution in [3.05, 3.63) is 23.8 Å². The fraction of sp³-hybridized carbons (Fsp3) is 0.438. The van der Waals surface area contributed by atoms with Crippen molar-refractivity contribution in [2.24, 2.45) is 0 Å². The molecule has 2 rings (SSSR count). The molecule has 24 heavy (non-hydrogen) atoms. The summed E-state index contributed by atoms with van der Waals surface area (Å²) in [6.07, 6.45) is -1.07. The number of hydrogen-bond acceptors (Lipinski definition) is 6. The summed E-state index contributed by atoms with van der Waals surface area (Å²) in [4.78, 5) is 36.9. The number of ether oxygens (including phenoxy) is 3. The van der Waals surface area contributed by atoms with E-state index in [1.807, 2.05) is 6.92 Å². The SMILES string of the molecule is CCOc1cc(C(=O)OC(C)C(=O)N2CCNC2=O)ccc1OC. The van der Waals surface area contributed by atoms with Crippen LogP contribution in [0.4, 0.5) is 4.79 Å². The Morgan fingerprint density at radius 2 is 2.08 bits per heavy atom. The van der Waals surface area contributed by atoms with Crippen LogP contribution in [0, 0.1) is 0 Å². The van der Waals surface area contributed by atoms with Crippen LogP contribution >= 0.6 is 0 Å². The number of amides is 3. The highest BCUT2D eigenvalue weighted by Crippen LogP contribution is 2.28. The highest BCUT2D eigenvalue weighted by atomic mass is 16.5. The van der Waals surface area contributed by atoms with Gasteiger partial charge in [-0.1, -0.05) is 0 Å². The van der Waals surface area contributed by atoms with E-state index in [2.05, 4.69) is 5.32 Å². The predicted molar refractivity (Wildman–Crippen MR) is 84.2 cm³/mol. The molecule has 1 aromatic carbocycles. The van der Waals surface area contributed by atoms with Gasteiger partial charge in [0.1, 0.15) is 0 Å². The third kappa shape index (κ3) is 3.76. The number of nitrogens with one attached hydrogen (secondary N) is 1. The Morgan fingerprint density at radius 1 is 1.33 bits per heavy atom. The van der Waals surface area contributed by atoms with Crippen molar-refractivity contribution in [2.75, 3.05) is 26.8 Å². The summed E-state index contributed by atoms with van der Waals surface area (Å²) in [5.41, 5.74) is 0.227. The standard InChI is InChI=1S/C16H20N2O6/c1-4-23-13-9-11(5-6-12(13)22-3)15(20)24-10(2)14(19)18-8-7-17-16(18)21/h5-6,9-10H,4,7-8H2,1-3H3,(H,17,21). The van der Waals surface area contributed by atoms with E-state index in [0.29, 0.717) is 24.7 Å². The maximum atomic E-state index is 12.2. The van der Waals surface area contributed by atoms with Gasteiger partial charge in [0.25, 0.3) is 5.91 Å². The topological polar surface area (TPSA) is 94.2 Å². The normalized spacial score (nSPS) is 14.8. The fourth-order valence-electron chi connectivity index (χ4n) is 2.25. The lowest BCUT2D eigenvalue weighted by Gasteiger charge is -2.18. The molecule has 1 unspecified atom stereocenters. The summed E-state index contributed by atoms with van der Waals surface area (Å²) in [6.45, 7) is 4.30. The number of methoxy groups -OCH3 is 1. The molecule has 1 heterocycles. The molecular formula is C16H20N2O6. The average Bonchev–Trinajstić information content (AvgIpc) is 3.00. The van der Waals surface area contributed by atoms with Gasteiger partial charge in [0.15, 0.2) is 17.6 Å². The molecule has 0 spiro atoms. The number of urea groups is 1. The highest BCUT2D eigenvalue weighted by Gasteiger charge is 2.31. The number of imide groups is 1. The molecule has 1 atom stereocenters. The second kappa shape index (κ2) is 7.67. The Hall–Kier alpha value is -2.77. The predicted octanol–water partition coefficient (Wildman–Crippen LogP) is 1.19. The molecule has 3 amide bonds. The Labute approximate surface area is 139 Å².